The van der Waals surface area contributed by atoms with Crippen LogP contribution in [0.2, 0.25) is 0 Å². The molecule has 0 unspecified atom stereocenters. The lowest BCUT2D eigenvalue weighted by atomic mass is 10.3. The first-order chi connectivity index (χ1) is 11.9. The fraction of sp³-hybridized carbons (Fsp3) is 1.00. The number of nitrogens with zero attached hydrogens (tertiary/aromatic N) is 2. The SMILES string of the molecule is CCC[N+](C)(C)CCC.CC[N+](C)(C)S(=O)(=O)O.F[B-](F)(F)F.F[B-](F)(F)F. The molecule has 0 bridgehead atoms. The van der Waals surface area contributed by atoms with E-state index in [4.69, 9.17) is 4.55 Å². The van der Waals surface area contributed by atoms with E-state index in [9.17, 15) is 42.9 Å². The minimum atomic E-state index is -6.00. The molecule has 0 saturated heterocycles. The Morgan fingerprint density at radius 1 is 0.714 bits per heavy atom. The lowest BCUT2D eigenvalue weighted by Crippen LogP contribution is -2.44. The average Bonchev–Trinajstić information content (AvgIpc) is 2.33. The summed E-state index contributed by atoms with van der Waals surface area (Å²) in [5.74, 6) is 0. The van der Waals surface area contributed by atoms with Gasteiger partial charge in [-0.3, -0.25) is 0 Å². The smallest absolute Gasteiger partial charge is 0.418 e. The van der Waals surface area contributed by atoms with Crippen LogP contribution in [0.3, 0.4) is 0 Å². The van der Waals surface area contributed by atoms with E-state index in [1.807, 2.05) is 0 Å². The predicted octanol–water partition coefficient (Wildman–Crippen LogP) is 4.37. The maximum atomic E-state index is 10.4. The van der Waals surface area contributed by atoms with Gasteiger partial charge >= 0.3 is 24.8 Å². The molecule has 0 saturated carbocycles. The van der Waals surface area contributed by atoms with Crippen LogP contribution in [0, 0.1) is 0 Å². The quantitative estimate of drug-likeness (QED) is 0.279. The first kappa shape index (κ1) is 34.9. The first-order valence-corrected chi connectivity index (χ1v) is 9.70. The molecule has 0 radical (unpaired) electrons. The highest BCUT2D eigenvalue weighted by Gasteiger charge is 2.27. The van der Waals surface area contributed by atoms with Crippen LogP contribution in [-0.2, 0) is 10.3 Å². The van der Waals surface area contributed by atoms with Gasteiger partial charge in [0.25, 0.3) is 0 Å². The average molecular weight is 458 g/mol. The molecule has 5 nitrogen and oxygen atoms in total. The third-order valence-electron chi connectivity index (χ3n) is 3.04. The highest BCUT2D eigenvalue weighted by atomic mass is 32.2. The Labute approximate surface area is 163 Å². The molecule has 0 heterocycles. The Balaban J connectivity index is -0.000000143. The van der Waals surface area contributed by atoms with Crippen LogP contribution in [-0.4, -0.2) is 83.7 Å². The predicted molar refractivity (Wildman–Crippen MR) is 97.0 cm³/mol. The molecular formula is C12H32B2F8N2O3S. The van der Waals surface area contributed by atoms with Gasteiger partial charge in [-0.15, -0.1) is 8.42 Å². The van der Waals surface area contributed by atoms with Gasteiger partial charge in [-0.25, -0.2) is 4.55 Å². The maximum absolute atomic E-state index is 10.4. The molecule has 0 fully saturated rings. The summed E-state index contributed by atoms with van der Waals surface area (Å²) < 4.78 is 108. The van der Waals surface area contributed by atoms with E-state index in [2.05, 4.69) is 27.9 Å². The van der Waals surface area contributed by atoms with Crippen molar-refractivity contribution < 1.29 is 55.9 Å². The summed E-state index contributed by atoms with van der Waals surface area (Å²) in [6.45, 7) is 9.17. The van der Waals surface area contributed by atoms with Gasteiger partial charge in [0.1, 0.15) is 0 Å². The van der Waals surface area contributed by atoms with E-state index in [1.165, 1.54) is 44.5 Å². The van der Waals surface area contributed by atoms with Gasteiger partial charge in [-0.05, 0) is 19.8 Å². The lowest BCUT2D eigenvalue weighted by molar-refractivity contribution is -0.890. The van der Waals surface area contributed by atoms with E-state index < -0.39 is 24.8 Å². The fourth-order valence-corrected chi connectivity index (χ4v) is 1.81. The molecule has 16 heteroatoms. The van der Waals surface area contributed by atoms with Crippen LogP contribution in [0.4, 0.5) is 34.5 Å². The van der Waals surface area contributed by atoms with Gasteiger partial charge in [0, 0.05) is 0 Å². The summed E-state index contributed by atoms with van der Waals surface area (Å²) in [6.07, 6.45) is 2.60. The maximum Gasteiger partial charge on any atom is 0.673 e. The molecule has 0 rings (SSSR count). The molecule has 0 aromatic heterocycles. The Bertz CT molecular complexity index is 454. The normalized spacial score (nSPS) is 12.6. The molecule has 0 aliphatic rings. The van der Waals surface area contributed by atoms with E-state index in [-0.39, 0.29) is 3.89 Å². The highest BCUT2D eigenvalue weighted by molar-refractivity contribution is 7.80. The lowest BCUT2D eigenvalue weighted by Gasteiger charge is -2.28. The second kappa shape index (κ2) is 14.4. The van der Waals surface area contributed by atoms with Crippen LogP contribution in [0.15, 0.2) is 0 Å². The summed E-state index contributed by atoms with van der Waals surface area (Å²) in [5.41, 5.74) is 0. The topological polar surface area (TPSA) is 54.4 Å². The Kier molecular flexibility index (Phi) is 17.9. The monoisotopic (exact) mass is 458 g/mol. The molecule has 1 N–H and O–H groups in total. The molecule has 176 valence electrons. The third-order valence-corrected chi connectivity index (χ3v) is 4.55. The second-order valence-corrected chi connectivity index (χ2v) is 8.59. The zero-order chi connectivity index (χ0) is 24.0. The highest BCUT2D eigenvalue weighted by Crippen LogP contribution is 2.07. The van der Waals surface area contributed by atoms with E-state index in [1.54, 1.807) is 6.92 Å². The van der Waals surface area contributed by atoms with Gasteiger partial charge in [-0.1, -0.05) is 13.8 Å². The van der Waals surface area contributed by atoms with Crippen molar-refractivity contribution in [1.82, 2.24) is 0 Å². The zero-order valence-corrected chi connectivity index (χ0v) is 18.1. The van der Waals surface area contributed by atoms with Crippen LogP contribution in [0.1, 0.15) is 33.6 Å². The number of hydrogen-bond acceptors (Lipinski definition) is 2. The van der Waals surface area contributed by atoms with Crippen molar-refractivity contribution in [3.63, 3.8) is 0 Å². The second-order valence-electron chi connectivity index (χ2n) is 6.71. The number of hydrogen-bond donors (Lipinski definition) is 1. The summed E-state index contributed by atoms with van der Waals surface area (Å²) in [7, 11) is -8.47. The summed E-state index contributed by atoms with van der Waals surface area (Å²) in [6, 6.07) is 0. The van der Waals surface area contributed by atoms with E-state index in [0.29, 0.717) is 6.54 Å². The molecule has 28 heavy (non-hydrogen) atoms. The Morgan fingerprint density at radius 2 is 0.929 bits per heavy atom. The van der Waals surface area contributed by atoms with Gasteiger partial charge in [-0.2, -0.15) is 3.89 Å². The van der Waals surface area contributed by atoms with Crippen molar-refractivity contribution in [2.45, 2.75) is 33.6 Å². The number of quaternary nitrogens is 2. The molecule has 0 aliphatic carbocycles. The van der Waals surface area contributed by atoms with Gasteiger partial charge in [0.05, 0.1) is 47.8 Å². The fourth-order valence-electron chi connectivity index (χ4n) is 1.49. The summed E-state index contributed by atoms with van der Waals surface area (Å²) in [5, 5.41) is 0. The van der Waals surface area contributed by atoms with Crippen LogP contribution in [0.5, 0.6) is 0 Å². The van der Waals surface area contributed by atoms with Gasteiger partial charge in [0.2, 0.25) is 0 Å². The first-order valence-electron chi connectivity index (χ1n) is 8.30. The minimum Gasteiger partial charge on any atom is -0.418 e. The van der Waals surface area contributed by atoms with E-state index in [0.717, 1.165) is 0 Å². The Hall–Kier alpha value is -0.600. The minimum absolute atomic E-state index is 0.360. The summed E-state index contributed by atoms with van der Waals surface area (Å²) >= 11 is 0. The molecule has 0 atom stereocenters. The molecule has 0 aromatic rings. The van der Waals surface area contributed by atoms with Crippen molar-refractivity contribution in [1.29, 1.82) is 0 Å². The molecule has 0 aliphatic heterocycles. The van der Waals surface area contributed by atoms with Gasteiger partial charge in [0.15, 0.2) is 0 Å². The van der Waals surface area contributed by atoms with Crippen LogP contribution < -0.4 is 0 Å². The molecule has 0 amide bonds. The van der Waals surface area contributed by atoms with Crippen molar-refractivity contribution in [2.75, 3.05) is 47.8 Å². The summed E-state index contributed by atoms with van der Waals surface area (Å²) in [4.78, 5) is 0. The third kappa shape index (κ3) is 40.2. The zero-order valence-electron chi connectivity index (χ0n) is 17.3. The van der Waals surface area contributed by atoms with Crippen molar-refractivity contribution >= 4 is 24.8 Å². The largest absolute Gasteiger partial charge is 0.673 e. The van der Waals surface area contributed by atoms with Gasteiger partial charge < -0.3 is 39.0 Å². The molecule has 0 spiro atoms. The number of rotatable bonds is 6. The Morgan fingerprint density at radius 3 is 1.00 bits per heavy atom. The van der Waals surface area contributed by atoms with Crippen molar-refractivity contribution in [3.05, 3.63) is 0 Å². The molecule has 0 aromatic carbocycles. The molecular weight excluding hydrogens is 426 g/mol. The van der Waals surface area contributed by atoms with Crippen molar-refractivity contribution in [2.24, 2.45) is 0 Å². The van der Waals surface area contributed by atoms with Crippen molar-refractivity contribution in [3.8, 4) is 0 Å². The van der Waals surface area contributed by atoms with E-state index >= 15 is 0 Å². The number of halogens is 8. The van der Waals surface area contributed by atoms with Crippen LogP contribution in [0.25, 0.3) is 0 Å². The van der Waals surface area contributed by atoms with Crippen LogP contribution >= 0.6 is 0 Å². The standard InChI is InChI=1S/C8H20N.C4H11NO3S.2BF4/c1-5-7-9(3,4)8-6-2;1-4-5(2,3)9(6,7)8;2*2-1(3,4)5/h5-8H2,1-4H3;4H2,1-3H3;;/q+1;;2*-1/p+1.